The highest BCUT2D eigenvalue weighted by molar-refractivity contribution is 7.98. The molecule has 0 bridgehead atoms. The van der Waals surface area contributed by atoms with E-state index in [1.165, 1.54) is 11.8 Å². The molecule has 1 aromatic carbocycles. The average molecular weight is 292 g/mol. The maximum absolute atomic E-state index is 5.66. The number of aromatic nitrogens is 2. The van der Waals surface area contributed by atoms with Crippen LogP contribution in [0.5, 0.6) is 11.6 Å². The largest absolute Gasteiger partial charge is 0.497 e. The third-order valence-corrected chi connectivity index (χ3v) is 3.08. The summed E-state index contributed by atoms with van der Waals surface area (Å²) < 4.78 is 10.8. The van der Waals surface area contributed by atoms with Crippen LogP contribution in [-0.2, 0) is 6.61 Å². The summed E-state index contributed by atoms with van der Waals surface area (Å²) in [7, 11) is 1.63. The summed E-state index contributed by atoms with van der Waals surface area (Å²) in [5.41, 5.74) is 3.49. The predicted octanol–water partition coefficient (Wildman–Crippen LogP) is 2.07. The first-order valence-corrected chi connectivity index (χ1v) is 7.13. The number of hydrazine groups is 1. The van der Waals surface area contributed by atoms with Crippen LogP contribution in [0.3, 0.4) is 0 Å². The zero-order valence-electron chi connectivity index (χ0n) is 11.3. The van der Waals surface area contributed by atoms with Gasteiger partial charge in [-0.25, -0.2) is 10.8 Å². The van der Waals surface area contributed by atoms with E-state index in [9.17, 15) is 0 Å². The summed E-state index contributed by atoms with van der Waals surface area (Å²) in [6.07, 6.45) is 1.89. The fraction of sp³-hybridized carbons (Fsp3) is 0.231. The Bertz CT molecular complexity index is 558. The van der Waals surface area contributed by atoms with Gasteiger partial charge >= 0.3 is 0 Å². The molecule has 106 valence electrons. The lowest BCUT2D eigenvalue weighted by Gasteiger charge is -2.09. The molecule has 1 heterocycles. The Kier molecular flexibility index (Phi) is 5.03. The van der Waals surface area contributed by atoms with Gasteiger partial charge in [0.2, 0.25) is 5.88 Å². The Labute approximate surface area is 121 Å². The van der Waals surface area contributed by atoms with Crippen LogP contribution in [0.1, 0.15) is 5.56 Å². The Morgan fingerprint density at radius 1 is 1.30 bits per heavy atom. The number of nitrogens with zero attached hydrogens (tertiary/aromatic N) is 2. The maximum Gasteiger partial charge on any atom is 0.219 e. The first-order valence-electron chi connectivity index (χ1n) is 5.90. The number of nitrogen functional groups attached to an aromatic ring is 1. The van der Waals surface area contributed by atoms with Crippen LogP contribution in [0.25, 0.3) is 0 Å². The second kappa shape index (κ2) is 6.97. The van der Waals surface area contributed by atoms with Crippen LogP contribution in [0.4, 0.5) is 5.82 Å². The normalized spacial score (nSPS) is 10.2. The number of ether oxygens (including phenoxy) is 2. The van der Waals surface area contributed by atoms with Crippen LogP contribution < -0.4 is 20.7 Å². The van der Waals surface area contributed by atoms with E-state index in [4.69, 9.17) is 15.3 Å². The molecule has 0 fully saturated rings. The van der Waals surface area contributed by atoms with Crippen molar-refractivity contribution >= 4 is 17.6 Å². The first-order chi connectivity index (χ1) is 9.75. The lowest BCUT2D eigenvalue weighted by atomic mass is 10.2. The molecule has 0 amide bonds. The highest BCUT2D eigenvalue weighted by atomic mass is 32.2. The van der Waals surface area contributed by atoms with E-state index in [2.05, 4.69) is 15.4 Å². The van der Waals surface area contributed by atoms with E-state index in [0.29, 0.717) is 23.5 Å². The Balaban J connectivity index is 2.09. The lowest BCUT2D eigenvalue weighted by Crippen LogP contribution is -2.10. The van der Waals surface area contributed by atoms with Gasteiger partial charge in [0.15, 0.2) is 5.16 Å². The summed E-state index contributed by atoms with van der Waals surface area (Å²) in [4.78, 5) is 8.43. The molecular weight excluding hydrogens is 276 g/mol. The van der Waals surface area contributed by atoms with Gasteiger partial charge in [0.05, 0.1) is 7.11 Å². The minimum Gasteiger partial charge on any atom is -0.497 e. The molecule has 0 radical (unpaired) electrons. The van der Waals surface area contributed by atoms with Crippen LogP contribution >= 0.6 is 11.8 Å². The molecule has 0 saturated heterocycles. The number of rotatable bonds is 6. The topological polar surface area (TPSA) is 82.3 Å². The molecule has 0 spiro atoms. The van der Waals surface area contributed by atoms with Gasteiger partial charge in [-0.2, -0.15) is 4.98 Å². The number of hydrogen-bond acceptors (Lipinski definition) is 7. The third kappa shape index (κ3) is 3.75. The van der Waals surface area contributed by atoms with Crippen LogP contribution in [0, 0.1) is 0 Å². The predicted molar refractivity (Wildman–Crippen MR) is 78.9 cm³/mol. The highest BCUT2D eigenvalue weighted by Gasteiger charge is 2.05. The number of nitrogens with two attached hydrogens (primary N) is 1. The summed E-state index contributed by atoms with van der Waals surface area (Å²) in [5, 5.41) is 0.598. The van der Waals surface area contributed by atoms with Crippen molar-refractivity contribution in [1.29, 1.82) is 0 Å². The van der Waals surface area contributed by atoms with Crippen LogP contribution in [0.15, 0.2) is 35.5 Å². The van der Waals surface area contributed by atoms with Gasteiger partial charge < -0.3 is 14.9 Å². The van der Waals surface area contributed by atoms with Crippen molar-refractivity contribution in [3.63, 3.8) is 0 Å². The highest BCUT2D eigenvalue weighted by Crippen LogP contribution is 2.20. The number of benzene rings is 1. The van der Waals surface area contributed by atoms with Crippen molar-refractivity contribution < 1.29 is 9.47 Å². The number of hydrogen-bond donors (Lipinski definition) is 2. The van der Waals surface area contributed by atoms with Crippen molar-refractivity contribution in [2.45, 2.75) is 11.8 Å². The number of anilines is 1. The van der Waals surface area contributed by atoms with Gasteiger partial charge in [-0.15, -0.1) is 0 Å². The zero-order valence-corrected chi connectivity index (χ0v) is 12.1. The van der Waals surface area contributed by atoms with E-state index >= 15 is 0 Å². The van der Waals surface area contributed by atoms with Crippen molar-refractivity contribution in [3.8, 4) is 11.6 Å². The summed E-state index contributed by atoms with van der Waals surface area (Å²) >= 11 is 1.42. The molecule has 6 nitrogen and oxygen atoms in total. The Morgan fingerprint density at radius 2 is 2.15 bits per heavy atom. The maximum atomic E-state index is 5.66. The molecule has 2 rings (SSSR count). The lowest BCUT2D eigenvalue weighted by molar-refractivity contribution is 0.290. The number of nitrogens with one attached hydrogen (secondary N) is 1. The van der Waals surface area contributed by atoms with Crippen LogP contribution in [-0.4, -0.2) is 23.3 Å². The molecule has 0 aliphatic carbocycles. The summed E-state index contributed by atoms with van der Waals surface area (Å²) in [5.74, 6) is 7.15. The first kappa shape index (κ1) is 14.4. The van der Waals surface area contributed by atoms with Gasteiger partial charge in [0.25, 0.3) is 0 Å². The fourth-order valence-electron chi connectivity index (χ4n) is 1.56. The zero-order chi connectivity index (χ0) is 14.4. The second-order valence-electron chi connectivity index (χ2n) is 3.86. The second-order valence-corrected chi connectivity index (χ2v) is 4.64. The molecule has 7 heteroatoms. The van der Waals surface area contributed by atoms with Gasteiger partial charge in [-0.3, -0.25) is 0 Å². The smallest absolute Gasteiger partial charge is 0.219 e. The molecule has 0 aliphatic rings. The third-order valence-electron chi connectivity index (χ3n) is 2.53. The van der Waals surface area contributed by atoms with Crippen molar-refractivity contribution in [1.82, 2.24) is 9.97 Å². The minimum atomic E-state index is 0.395. The summed E-state index contributed by atoms with van der Waals surface area (Å²) in [6, 6.07) is 9.33. The Hall–Kier alpha value is -1.99. The number of thioether (sulfide) groups is 1. The van der Waals surface area contributed by atoms with E-state index in [1.807, 2.05) is 30.5 Å². The van der Waals surface area contributed by atoms with Crippen LogP contribution in [0.2, 0.25) is 0 Å². The molecule has 1 aromatic heterocycles. The fourth-order valence-corrected chi connectivity index (χ4v) is 1.93. The molecule has 2 aromatic rings. The molecule has 0 saturated carbocycles. The van der Waals surface area contributed by atoms with E-state index in [1.54, 1.807) is 13.2 Å². The standard InChI is InChI=1S/C13H16N4O2S/c1-18-10-5-3-4-9(6-10)8-19-12-7-11(17-14)15-13(16-12)20-2/h3-7H,8,14H2,1-2H3,(H,15,16,17). The van der Waals surface area contributed by atoms with Crippen molar-refractivity contribution in [2.24, 2.45) is 5.84 Å². The van der Waals surface area contributed by atoms with Gasteiger partial charge in [-0.1, -0.05) is 23.9 Å². The molecule has 20 heavy (non-hydrogen) atoms. The summed E-state index contributed by atoms with van der Waals surface area (Å²) in [6.45, 7) is 0.395. The van der Waals surface area contributed by atoms with Gasteiger partial charge in [0, 0.05) is 6.07 Å². The molecular formula is C13H16N4O2S. The monoisotopic (exact) mass is 292 g/mol. The van der Waals surface area contributed by atoms with E-state index < -0.39 is 0 Å². The molecule has 0 atom stereocenters. The minimum absolute atomic E-state index is 0.395. The average Bonchev–Trinajstić information content (AvgIpc) is 2.52. The van der Waals surface area contributed by atoms with Crippen molar-refractivity contribution in [3.05, 3.63) is 35.9 Å². The van der Waals surface area contributed by atoms with E-state index in [-0.39, 0.29) is 0 Å². The van der Waals surface area contributed by atoms with Gasteiger partial charge in [0.1, 0.15) is 18.2 Å². The van der Waals surface area contributed by atoms with Crippen molar-refractivity contribution in [2.75, 3.05) is 18.8 Å². The van der Waals surface area contributed by atoms with Gasteiger partial charge in [-0.05, 0) is 24.0 Å². The SMILES string of the molecule is COc1cccc(COc2cc(NN)nc(SC)n2)c1. The quantitative estimate of drug-likeness (QED) is 0.365. The molecule has 0 unspecified atom stereocenters. The molecule has 3 N–H and O–H groups in total. The number of methoxy groups -OCH3 is 1. The Morgan fingerprint density at radius 3 is 2.85 bits per heavy atom. The molecule has 0 aliphatic heterocycles. The van der Waals surface area contributed by atoms with E-state index in [0.717, 1.165) is 11.3 Å².